The molecule has 1 unspecified atom stereocenters. The van der Waals surface area contributed by atoms with E-state index in [0.29, 0.717) is 23.6 Å². The van der Waals surface area contributed by atoms with Gasteiger partial charge in [-0.2, -0.15) is 10.4 Å². The number of carbonyl (C=O) groups is 1. The van der Waals surface area contributed by atoms with Gasteiger partial charge in [0.15, 0.2) is 18.1 Å². The van der Waals surface area contributed by atoms with Gasteiger partial charge in [0.2, 0.25) is 0 Å². The third kappa shape index (κ3) is 3.91. The van der Waals surface area contributed by atoms with E-state index in [1.165, 1.54) is 7.11 Å². The summed E-state index contributed by atoms with van der Waals surface area (Å²) in [4.78, 5) is 14.3. The second-order valence-corrected chi connectivity index (χ2v) is 5.96. The number of nitrogens with zero attached hydrogens (tertiary/aromatic N) is 3. The van der Waals surface area contributed by atoms with Crippen molar-refractivity contribution in [3.63, 3.8) is 0 Å². The molecule has 0 spiro atoms. The fourth-order valence-electron chi connectivity index (χ4n) is 3.04. The van der Waals surface area contributed by atoms with Gasteiger partial charge in [0, 0.05) is 37.0 Å². The number of amides is 1. The van der Waals surface area contributed by atoms with Crippen LogP contribution in [0.1, 0.15) is 30.0 Å². The Morgan fingerprint density at radius 1 is 1.44 bits per heavy atom. The van der Waals surface area contributed by atoms with E-state index in [9.17, 15) is 4.79 Å². The molecule has 2 aromatic rings. The molecule has 25 heavy (non-hydrogen) atoms. The zero-order valence-electron chi connectivity index (χ0n) is 14.1. The van der Waals surface area contributed by atoms with Crippen molar-refractivity contribution < 1.29 is 14.3 Å². The first kappa shape index (κ1) is 16.8. The first-order valence-corrected chi connectivity index (χ1v) is 8.19. The predicted octanol–water partition coefficient (Wildman–Crippen LogP) is 2.07. The molecule has 0 radical (unpaired) electrons. The van der Waals surface area contributed by atoms with E-state index in [4.69, 9.17) is 14.7 Å². The van der Waals surface area contributed by atoms with Crippen molar-refractivity contribution in [2.75, 3.05) is 26.8 Å². The molecule has 3 rings (SSSR count). The normalized spacial score (nSPS) is 17.0. The maximum atomic E-state index is 12.5. The highest BCUT2D eigenvalue weighted by Crippen LogP contribution is 2.28. The van der Waals surface area contributed by atoms with Crippen molar-refractivity contribution in [3.05, 3.63) is 41.7 Å². The molecule has 1 N–H and O–H groups in total. The third-order valence-electron chi connectivity index (χ3n) is 4.38. The number of aromatic amines is 1. The Balaban J connectivity index is 1.60. The molecule has 1 fully saturated rings. The fourth-order valence-corrected chi connectivity index (χ4v) is 3.04. The minimum absolute atomic E-state index is 0.0576. The lowest BCUT2D eigenvalue weighted by atomic mass is 9.95. The minimum atomic E-state index is -0.0596. The van der Waals surface area contributed by atoms with Crippen LogP contribution in [-0.4, -0.2) is 47.8 Å². The van der Waals surface area contributed by atoms with Gasteiger partial charge in [-0.1, -0.05) is 0 Å². The van der Waals surface area contributed by atoms with E-state index in [1.807, 2.05) is 17.0 Å². The largest absolute Gasteiger partial charge is 0.493 e. The number of H-pyrrole nitrogens is 1. The number of ether oxygens (including phenoxy) is 2. The summed E-state index contributed by atoms with van der Waals surface area (Å²) >= 11 is 0. The Kier molecular flexibility index (Phi) is 5.19. The number of rotatable bonds is 5. The molecule has 1 amide bonds. The van der Waals surface area contributed by atoms with Gasteiger partial charge in [-0.3, -0.25) is 9.89 Å². The molecule has 1 atom stereocenters. The molecule has 7 heteroatoms. The van der Waals surface area contributed by atoms with Crippen LogP contribution in [0, 0.1) is 11.3 Å². The van der Waals surface area contributed by atoms with Crippen LogP contribution in [0.4, 0.5) is 0 Å². The summed E-state index contributed by atoms with van der Waals surface area (Å²) in [6.45, 7) is 1.34. The molecule has 1 aliphatic heterocycles. The number of piperidine rings is 1. The van der Waals surface area contributed by atoms with Gasteiger partial charge in [-0.05, 0) is 31.0 Å². The number of carbonyl (C=O) groups excluding carboxylic acids is 1. The Labute approximate surface area is 146 Å². The number of nitrogens with one attached hydrogen (secondary N) is 1. The molecule has 1 aromatic carbocycles. The Morgan fingerprint density at radius 2 is 2.32 bits per heavy atom. The van der Waals surface area contributed by atoms with Crippen molar-refractivity contribution in [1.82, 2.24) is 15.1 Å². The highest BCUT2D eigenvalue weighted by Gasteiger charge is 2.25. The highest BCUT2D eigenvalue weighted by atomic mass is 16.5. The topological polar surface area (TPSA) is 91.2 Å². The van der Waals surface area contributed by atoms with Gasteiger partial charge in [-0.25, -0.2) is 0 Å². The molecular weight excluding hydrogens is 320 g/mol. The maximum Gasteiger partial charge on any atom is 0.260 e. The Hall–Kier alpha value is -3.01. The van der Waals surface area contributed by atoms with E-state index in [0.717, 1.165) is 25.1 Å². The Morgan fingerprint density at radius 3 is 3.04 bits per heavy atom. The first-order chi connectivity index (χ1) is 12.2. The summed E-state index contributed by atoms with van der Waals surface area (Å²) in [5.41, 5.74) is 1.54. The van der Waals surface area contributed by atoms with Crippen LogP contribution >= 0.6 is 0 Å². The molecule has 2 heterocycles. The van der Waals surface area contributed by atoms with Crippen LogP contribution in [0.5, 0.6) is 11.5 Å². The lowest BCUT2D eigenvalue weighted by molar-refractivity contribution is -0.134. The van der Waals surface area contributed by atoms with Gasteiger partial charge < -0.3 is 14.4 Å². The number of hydrogen-bond acceptors (Lipinski definition) is 5. The monoisotopic (exact) mass is 340 g/mol. The average Bonchev–Trinajstić information content (AvgIpc) is 3.21. The van der Waals surface area contributed by atoms with Crippen LogP contribution < -0.4 is 9.47 Å². The second kappa shape index (κ2) is 7.71. The lowest BCUT2D eigenvalue weighted by Crippen LogP contribution is -2.41. The molecule has 0 aliphatic carbocycles. The van der Waals surface area contributed by atoms with Gasteiger partial charge in [0.25, 0.3) is 5.91 Å². The zero-order valence-corrected chi connectivity index (χ0v) is 14.1. The summed E-state index contributed by atoms with van der Waals surface area (Å²) in [6, 6.07) is 8.88. The fraction of sp³-hybridized carbons (Fsp3) is 0.389. The molecule has 7 nitrogen and oxygen atoms in total. The van der Waals surface area contributed by atoms with E-state index in [1.54, 1.807) is 24.4 Å². The van der Waals surface area contributed by atoms with E-state index < -0.39 is 0 Å². The molecule has 1 aromatic heterocycles. The van der Waals surface area contributed by atoms with Gasteiger partial charge in [-0.15, -0.1) is 0 Å². The van der Waals surface area contributed by atoms with Crippen molar-refractivity contribution in [2.45, 2.75) is 18.8 Å². The van der Waals surface area contributed by atoms with Gasteiger partial charge in [0.1, 0.15) is 0 Å². The highest BCUT2D eigenvalue weighted by molar-refractivity contribution is 5.78. The molecular formula is C18H20N4O3. The van der Waals surface area contributed by atoms with E-state index in [-0.39, 0.29) is 18.4 Å². The number of methoxy groups -OCH3 is 1. The van der Waals surface area contributed by atoms with E-state index >= 15 is 0 Å². The lowest BCUT2D eigenvalue weighted by Gasteiger charge is -2.32. The van der Waals surface area contributed by atoms with Crippen molar-refractivity contribution in [1.29, 1.82) is 5.26 Å². The second-order valence-electron chi connectivity index (χ2n) is 5.96. The number of nitriles is 1. The van der Waals surface area contributed by atoms with Crippen molar-refractivity contribution >= 4 is 5.91 Å². The smallest absolute Gasteiger partial charge is 0.260 e. The summed E-state index contributed by atoms with van der Waals surface area (Å²) < 4.78 is 10.8. The van der Waals surface area contributed by atoms with Gasteiger partial charge in [0.05, 0.1) is 18.7 Å². The number of aromatic nitrogens is 2. The van der Waals surface area contributed by atoms with Gasteiger partial charge >= 0.3 is 0 Å². The average molecular weight is 340 g/mol. The molecule has 130 valence electrons. The van der Waals surface area contributed by atoms with E-state index in [2.05, 4.69) is 10.2 Å². The summed E-state index contributed by atoms with van der Waals surface area (Å²) in [5.74, 6) is 1.12. The quantitative estimate of drug-likeness (QED) is 0.900. The minimum Gasteiger partial charge on any atom is -0.493 e. The van der Waals surface area contributed by atoms with Crippen LogP contribution in [0.25, 0.3) is 0 Å². The SMILES string of the molecule is COc1cc(C#N)ccc1OCC(=O)N1CCCC(c2ccn[nH]2)C1. The van der Waals surface area contributed by atoms with Crippen molar-refractivity contribution in [3.8, 4) is 17.6 Å². The van der Waals surface area contributed by atoms with Crippen LogP contribution in [0.3, 0.4) is 0 Å². The molecule has 0 bridgehead atoms. The maximum absolute atomic E-state index is 12.5. The Bertz CT molecular complexity index is 767. The third-order valence-corrected chi connectivity index (χ3v) is 4.38. The number of benzene rings is 1. The molecule has 1 saturated heterocycles. The number of likely N-dealkylation sites (tertiary alicyclic amines) is 1. The summed E-state index contributed by atoms with van der Waals surface area (Å²) in [5, 5.41) is 15.9. The predicted molar refractivity (Wildman–Crippen MR) is 90.3 cm³/mol. The van der Waals surface area contributed by atoms with Crippen LogP contribution in [-0.2, 0) is 4.79 Å². The first-order valence-electron chi connectivity index (χ1n) is 8.19. The standard InChI is InChI=1S/C18H20N4O3/c1-24-17-9-13(10-19)4-5-16(17)25-12-18(23)22-8-2-3-14(11-22)15-6-7-20-21-15/h4-7,9,14H,2-3,8,11-12H2,1H3,(H,20,21). The van der Waals surface area contributed by atoms with Crippen LogP contribution in [0.2, 0.25) is 0 Å². The zero-order chi connectivity index (χ0) is 17.6. The summed E-state index contributed by atoms with van der Waals surface area (Å²) in [6.07, 6.45) is 3.72. The van der Waals surface area contributed by atoms with Crippen LogP contribution in [0.15, 0.2) is 30.5 Å². The molecule has 0 saturated carbocycles. The summed E-state index contributed by atoms with van der Waals surface area (Å²) in [7, 11) is 1.50. The molecule has 1 aliphatic rings. The number of hydrogen-bond donors (Lipinski definition) is 1. The van der Waals surface area contributed by atoms with Crippen molar-refractivity contribution in [2.24, 2.45) is 0 Å².